The summed E-state index contributed by atoms with van der Waals surface area (Å²) in [4.78, 5) is 27.1. The molecule has 2 aromatic carbocycles. The molecule has 0 spiro atoms. The second-order valence-electron chi connectivity index (χ2n) is 6.14. The molecule has 1 aromatic heterocycles. The number of nitrogens with one attached hydrogen (secondary N) is 1. The number of pyridine rings is 1. The van der Waals surface area contributed by atoms with Gasteiger partial charge in [0.2, 0.25) is 0 Å². The number of nitrogens with zero attached hydrogens (tertiary/aromatic N) is 1. The van der Waals surface area contributed by atoms with Gasteiger partial charge in [-0.25, -0.2) is 9.78 Å². The van der Waals surface area contributed by atoms with E-state index in [1.165, 1.54) is 11.1 Å². The first kappa shape index (κ1) is 17.4. The summed E-state index contributed by atoms with van der Waals surface area (Å²) in [7, 11) is 0. The summed E-state index contributed by atoms with van der Waals surface area (Å²) >= 11 is 3.19. The van der Waals surface area contributed by atoms with E-state index >= 15 is 0 Å². The molecule has 5 nitrogen and oxygen atoms in total. The third-order valence-corrected chi connectivity index (χ3v) is 5.21. The Morgan fingerprint density at radius 1 is 1.04 bits per heavy atom. The van der Waals surface area contributed by atoms with Crippen molar-refractivity contribution in [3.8, 4) is 11.1 Å². The van der Waals surface area contributed by atoms with Crippen molar-refractivity contribution in [3.63, 3.8) is 0 Å². The van der Waals surface area contributed by atoms with Crippen LogP contribution in [0.3, 0.4) is 0 Å². The Kier molecular flexibility index (Phi) is 4.73. The SMILES string of the molecule is O=Cc1ccc(NC(=O)OCC2c3ccccc3-c3ccccc32)nc1Br. The molecule has 1 amide bonds. The van der Waals surface area contributed by atoms with Gasteiger partial charge in [0.1, 0.15) is 17.0 Å². The molecule has 0 fully saturated rings. The van der Waals surface area contributed by atoms with E-state index in [0.29, 0.717) is 22.3 Å². The van der Waals surface area contributed by atoms with Crippen LogP contribution in [0.4, 0.5) is 10.6 Å². The summed E-state index contributed by atoms with van der Waals surface area (Å²) in [6.45, 7) is 0.230. The Bertz CT molecular complexity index is 990. The normalized spacial score (nSPS) is 12.2. The van der Waals surface area contributed by atoms with Gasteiger partial charge in [-0.2, -0.15) is 0 Å². The summed E-state index contributed by atoms with van der Waals surface area (Å²) in [5, 5.41) is 2.59. The second-order valence-corrected chi connectivity index (χ2v) is 6.90. The third kappa shape index (κ3) is 3.36. The van der Waals surface area contributed by atoms with Crippen molar-refractivity contribution in [1.82, 2.24) is 4.98 Å². The Morgan fingerprint density at radius 2 is 1.67 bits per heavy atom. The first-order valence-corrected chi connectivity index (χ1v) is 9.20. The fraction of sp³-hybridized carbons (Fsp3) is 0.0952. The topological polar surface area (TPSA) is 68.3 Å². The van der Waals surface area contributed by atoms with Crippen LogP contribution in [0.2, 0.25) is 0 Å². The number of aromatic nitrogens is 1. The molecule has 0 radical (unpaired) electrons. The van der Waals surface area contributed by atoms with Crippen LogP contribution in [-0.4, -0.2) is 24.0 Å². The zero-order valence-corrected chi connectivity index (χ0v) is 15.8. The van der Waals surface area contributed by atoms with Gasteiger partial charge in [-0.3, -0.25) is 10.1 Å². The fourth-order valence-corrected chi connectivity index (χ4v) is 3.76. The average Bonchev–Trinajstić information content (AvgIpc) is 3.00. The van der Waals surface area contributed by atoms with Gasteiger partial charge in [0, 0.05) is 11.5 Å². The maximum Gasteiger partial charge on any atom is 0.412 e. The Morgan fingerprint density at radius 3 is 2.26 bits per heavy atom. The number of anilines is 1. The van der Waals surface area contributed by atoms with Gasteiger partial charge in [-0.05, 0) is 50.3 Å². The minimum absolute atomic E-state index is 0.000264. The van der Waals surface area contributed by atoms with Crippen molar-refractivity contribution in [1.29, 1.82) is 0 Å². The van der Waals surface area contributed by atoms with E-state index in [0.717, 1.165) is 11.1 Å². The van der Waals surface area contributed by atoms with Crippen LogP contribution in [0, 0.1) is 0 Å². The summed E-state index contributed by atoms with van der Waals surface area (Å²) in [6, 6.07) is 19.4. The third-order valence-electron chi connectivity index (χ3n) is 4.58. The lowest BCUT2D eigenvalue weighted by Gasteiger charge is -2.14. The van der Waals surface area contributed by atoms with Crippen molar-refractivity contribution in [2.45, 2.75) is 5.92 Å². The molecule has 0 unspecified atom stereocenters. The predicted molar refractivity (Wildman–Crippen MR) is 106 cm³/mol. The molecule has 0 saturated carbocycles. The maximum atomic E-state index is 12.2. The lowest BCUT2D eigenvalue weighted by molar-refractivity contribution is 0.112. The lowest BCUT2D eigenvalue weighted by atomic mass is 9.98. The number of carbonyl (C=O) groups excluding carboxylic acids is 2. The standard InChI is InChI=1S/C21H15BrN2O3/c22-20-13(11-25)9-10-19(23-20)24-21(26)27-12-18-16-7-3-1-5-14(16)15-6-2-4-8-17(15)18/h1-11,18H,12H2,(H,23,24,26). The van der Waals surface area contributed by atoms with Crippen LogP contribution in [0.1, 0.15) is 27.4 Å². The molecule has 0 atom stereocenters. The Labute approximate surface area is 164 Å². The van der Waals surface area contributed by atoms with Crippen molar-refractivity contribution in [3.05, 3.63) is 82.0 Å². The highest BCUT2D eigenvalue weighted by Crippen LogP contribution is 2.44. The Balaban J connectivity index is 1.48. The molecule has 6 heteroatoms. The lowest BCUT2D eigenvalue weighted by Crippen LogP contribution is -2.18. The highest BCUT2D eigenvalue weighted by atomic mass is 79.9. The van der Waals surface area contributed by atoms with Gasteiger partial charge in [0.25, 0.3) is 0 Å². The molecule has 0 aliphatic heterocycles. The van der Waals surface area contributed by atoms with E-state index in [1.807, 2.05) is 24.3 Å². The number of carbonyl (C=O) groups is 2. The molecular weight excluding hydrogens is 408 g/mol. The van der Waals surface area contributed by atoms with E-state index in [1.54, 1.807) is 12.1 Å². The van der Waals surface area contributed by atoms with Crippen molar-refractivity contribution in [2.75, 3.05) is 11.9 Å². The van der Waals surface area contributed by atoms with Crippen molar-refractivity contribution < 1.29 is 14.3 Å². The molecule has 0 saturated heterocycles. The number of hydrogen-bond acceptors (Lipinski definition) is 4. The first-order valence-electron chi connectivity index (χ1n) is 8.41. The predicted octanol–water partition coefficient (Wildman–Crippen LogP) is 5.02. The highest BCUT2D eigenvalue weighted by Gasteiger charge is 2.29. The molecule has 1 aliphatic carbocycles. The smallest absolute Gasteiger partial charge is 0.412 e. The molecule has 1 N–H and O–H groups in total. The van der Waals surface area contributed by atoms with Crippen LogP contribution >= 0.6 is 15.9 Å². The first-order chi connectivity index (χ1) is 13.2. The largest absolute Gasteiger partial charge is 0.448 e. The zero-order valence-electron chi connectivity index (χ0n) is 14.2. The van der Waals surface area contributed by atoms with Crippen molar-refractivity contribution in [2.24, 2.45) is 0 Å². The van der Waals surface area contributed by atoms with E-state index < -0.39 is 6.09 Å². The molecule has 4 rings (SSSR count). The zero-order chi connectivity index (χ0) is 18.8. The molecule has 1 heterocycles. The van der Waals surface area contributed by atoms with E-state index in [9.17, 15) is 9.59 Å². The number of rotatable bonds is 4. The van der Waals surface area contributed by atoms with Gasteiger partial charge in [-0.15, -0.1) is 0 Å². The highest BCUT2D eigenvalue weighted by molar-refractivity contribution is 9.10. The summed E-state index contributed by atoms with van der Waals surface area (Å²) in [6.07, 6.45) is 0.101. The summed E-state index contributed by atoms with van der Waals surface area (Å²) in [5.74, 6) is 0.310. The van der Waals surface area contributed by atoms with Crippen molar-refractivity contribution >= 4 is 34.1 Å². The molecule has 27 heavy (non-hydrogen) atoms. The maximum absolute atomic E-state index is 12.2. The number of ether oxygens (including phenoxy) is 1. The number of aldehydes is 1. The monoisotopic (exact) mass is 422 g/mol. The minimum atomic E-state index is -0.588. The van der Waals surface area contributed by atoms with Crippen LogP contribution in [-0.2, 0) is 4.74 Å². The van der Waals surface area contributed by atoms with Gasteiger partial charge in [0.05, 0.1) is 0 Å². The quantitative estimate of drug-likeness (QED) is 0.473. The number of hydrogen-bond donors (Lipinski definition) is 1. The molecule has 0 bridgehead atoms. The summed E-state index contributed by atoms with van der Waals surface area (Å²) in [5.41, 5.74) is 5.08. The number of amides is 1. The van der Waals surface area contributed by atoms with Gasteiger partial charge < -0.3 is 4.74 Å². The Hall–Kier alpha value is -2.99. The average molecular weight is 423 g/mol. The van der Waals surface area contributed by atoms with Crippen LogP contribution in [0.25, 0.3) is 11.1 Å². The summed E-state index contributed by atoms with van der Waals surface area (Å²) < 4.78 is 5.83. The van der Waals surface area contributed by atoms with Crippen LogP contribution < -0.4 is 5.32 Å². The minimum Gasteiger partial charge on any atom is -0.448 e. The number of halogens is 1. The van der Waals surface area contributed by atoms with E-state index in [-0.39, 0.29) is 12.5 Å². The molecular formula is C21H15BrN2O3. The van der Waals surface area contributed by atoms with Crippen LogP contribution in [0.5, 0.6) is 0 Å². The molecule has 1 aliphatic rings. The fourth-order valence-electron chi connectivity index (χ4n) is 3.34. The van der Waals surface area contributed by atoms with E-state index in [2.05, 4.69) is 50.5 Å². The van der Waals surface area contributed by atoms with Gasteiger partial charge >= 0.3 is 6.09 Å². The number of fused-ring (bicyclic) bond motifs is 3. The second kappa shape index (κ2) is 7.32. The van der Waals surface area contributed by atoms with Crippen LogP contribution in [0.15, 0.2) is 65.3 Å². The molecule has 3 aromatic rings. The number of benzene rings is 2. The van der Waals surface area contributed by atoms with Gasteiger partial charge in [0.15, 0.2) is 6.29 Å². The van der Waals surface area contributed by atoms with E-state index in [4.69, 9.17) is 4.74 Å². The molecule has 134 valence electrons. The van der Waals surface area contributed by atoms with Gasteiger partial charge in [-0.1, -0.05) is 48.5 Å².